The third kappa shape index (κ3) is 2.58. The summed E-state index contributed by atoms with van der Waals surface area (Å²) in [6.07, 6.45) is 3.36. The Morgan fingerprint density at radius 3 is 2.88 bits per heavy atom. The summed E-state index contributed by atoms with van der Waals surface area (Å²) in [6, 6.07) is 0. The molecule has 0 unspecified atom stereocenters. The summed E-state index contributed by atoms with van der Waals surface area (Å²) in [6.45, 7) is 0.734. The van der Waals surface area contributed by atoms with Crippen LogP contribution >= 0.6 is 11.3 Å². The Morgan fingerprint density at radius 1 is 1.59 bits per heavy atom. The van der Waals surface area contributed by atoms with Gasteiger partial charge < -0.3 is 14.8 Å². The Morgan fingerprint density at radius 2 is 2.35 bits per heavy atom. The molecular weight excluding hydrogens is 240 g/mol. The summed E-state index contributed by atoms with van der Waals surface area (Å²) < 4.78 is 10.1. The number of ether oxygens (including phenoxy) is 2. The zero-order chi connectivity index (χ0) is 12.3. The van der Waals surface area contributed by atoms with Crippen LogP contribution in [0.15, 0.2) is 5.38 Å². The van der Waals surface area contributed by atoms with Gasteiger partial charge in [0.15, 0.2) is 10.8 Å². The molecule has 94 valence electrons. The van der Waals surface area contributed by atoms with Crippen LogP contribution < -0.4 is 5.32 Å². The lowest BCUT2D eigenvalue weighted by Crippen LogP contribution is -2.45. The van der Waals surface area contributed by atoms with Gasteiger partial charge in [0.1, 0.15) is 0 Å². The molecule has 0 amide bonds. The van der Waals surface area contributed by atoms with Gasteiger partial charge in [-0.25, -0.2) is 9.78 Å². The van der Waals surface area contributed by atoms with E-state index in [9.17, 15) is 4.79 Å². The number of esters is 1. The number of methoxy groups -OCH3 is 2. The number of rotatable bonds is 5. The molecule has 17 heavy (non-hydrogen) atoms. The standard InChI is InChI=1S/C11H16N2O3S/c1-15-9(14)8-6-17-10(13-8)12-7-11(16-2)4-3-5-11/h6H,3-5,7H2,1-2H3,(H,12,13). The highest BCUT2D eigenvalue weighted by molar-refractivity contribution is 7.13. The van der Waals surface area contributed by atoms with Gasteiger partial charge in [0.05, 0.1) is 12.7 Å². The topological polar surface area (TPSA) is 60.5 Å². The molecule has 0 saturated heterocycles. The van der Waals surface area contributed by atoms with Gasteiger partial charge in [-0.1, -0.05) is 0 Å². The van der Waals surface area contributed by atoms with E-state index in [0.29, 0.717) is 5.69 Å². The van der Waals surface area contributed by atoms with E-state index in [4.69, 9.17) is 4.74 Å². The smallest absolute Gasteiger partial charge is 0.357 e. The van der Waals surface area contributed by atoms with Crippen molar-refractivity contribution in [3.8, 4) is 0 Å². The Balaban J connectivity index is 1.91. The SMILES string of the molecule is COC(=O)c1csc(NCC2(OC)CCC2)n1. The van der Waals surface area contributed by atoms with E-state index in [1.165, 1.54) is 24.9 Å². The second-order valence-corrected chi connectivity index (χ2v) is 4.98. The molecule has 1 heterocycles. The van der Waals surface area contributed by atoms with Crippen molar-refractivity contribution >= 4 is 22.4 Å². The first-order valence-electron chi connectivity index (χ1n) is 5.52. The summed E-state index contributed by atoms with van der Waals surface area (Å²) in [5.41, 5.74) is 0.303. The van der Waals surface area contributed by atoms with E-state index in [1.54, 1.807) is 12.5 Å². The quantitative estimate of drug-likeness (QED) is 0.815. The third-order valence-electron chi connectivity index (χ3n) is 3.16. The van der Waals surface area contributed by atoms with Crippen LogP contribution in [0.3, 0.4) is 0 Å². The number of anilines is 1. The lowest BCUT2D eigenvalue weighted by atomic mass is 9.80. The summed E-state index contributed by atoms with van der Waals surface area (Å²) in [5.74, 6) is -0.403. The van der Waals surface area contributed by atoms with Crippen molar-refractivity contribution < 1.29 is 14.3 Å². The minimum Gasteiger partial charge on any atom is -0.464 e. The van der Waals surface area contributed by atoms with Crippen molar-refractivity contribution in [2.75, 3.05) is 26.1 Å². The number of carbonyl (C=O) groups is 1. The molecule has 6 heteroatoms. The van der Waals surface area contributed by atoms with Gasteiger partial charge in [0, 0.05) is 19.0 Å². The van der Waals surface area contributed by atoms with Crippen molar-refractivity contribution in [1.82, 2.24) is 4.98 Å². The lowest BCUT2D eigenvalue weighted by molar-refractivity contribution is -0.0601. The predicted molar refractivity (Wildman–Crippen MR) is 65.5 cm³/mol. The van der Waals surface area contributed by atoms with Gasteiger partial charge in [0.2, 0.25) is 0 Å². The summed E-state index contributed by atoms with van der Waals surface area (Å²) in [4.78, 5) is 15.4. The van der Waals surface area contributed by atoms with E-state index >= 15 is 0 Å². The highest BCUT2D eigenvalue weighted by Crippen LogP contribution is 2.35. The fourth-order valence-corrected chi connectivity index (χ4v) is 2.49. The van der Waals surface area contributed by atoms with Crippen molar-refractivity contribution in [2.45, 2.75) is 24.9 Å². The van der Waals surface area contributed by atoms with Crippen LogP contribution in [0, 0.1) is 0 Å². The van der Waals surface area contributed by atoms with Crippen molar-refractivity contribution in [3.63, 3.8) is 0 Å². The molecule has 1 N–H and O–H groups in total. The maximum absolute atomic E-state index is 11.2. The number of hydrogen-bond acceptors (Lipinski definition) is 6. The molecule has 1 aliphatic rings. The molecule has 1 aromatic rings. The Labute approximate surface area is 104 Å². The number of thiazole rings is 1. The van der Waals surface area contributed by atoms with Crippen LogP contribution in [0.4, 0.5) is 5.13 Å². The predicted octanol–water partition coefficient (Wildman–Crippen LogP) is 1.91. The second kappa shape index (κ2) is 5.01. The molecule has 1 aromatic heterocycles. The molecule has 2 rings (SSSR count). The lowest BCUT2D eigenvalue weighted by Gasteiger charge is -2.40. The van der Waals surface area contributed by atoms with Crippen molar-refractivity contribution in [1.29, 1.82) is 0 Å². The molecule has 0 bridgehead atoms. The number of hydrogen-bond donors (Lipinski definition) is 1. The Kier molecular flexibility index (Phi) is 3.63. The van der Waals surface area contributed by atoms with Crippen LogP contribution in [-0.4, -0.2) is 37.3 Å². The van der Waals surface area contributed by atoms with Gasteiger partial charge >= 0.3 is 5.97 Å². The number of aromatic nitrogens is 1. The molecule has 0 radical (unpaired) electrons. The van der Waals surface area contributed by atoms with E-state index < -0.39 is 5.97 Å². The molecule has 1 fully saturated rings. The molecule has 0 atom stereocenters. The van der Waals surface area contributed by atoms with Crippen LogP contribution in [0.25, 0.3) is 0 Å². The zero-order valence-electron chi connectivity index (χ0n) is 9.99. The monoisotopic (exact) mass is 256 g/mol. The number of nitrogens with zero attached hydrogens (tertiary/aromatic N) is 1. The van der Waals surface area contributed by atoms with Gasteiger partial charge in [0.25, 0.3) is 0 Å². The van der Waals surface area contributed by atoms with Crippen LogP contribution in [0.1, 0.15) is 29.8 Å². The Hall–Kier alpha value is -1.14. The molecular formula is C11H16N2O3S. The third-order valence-corrected chi connectivity index (χ3v) is 3.96. The summed E-state index contributed by atoms with van der Waals surface area (Å²) >= 11 is 1.40. The van der Waals surface area contributed by atoms with Gasteiger partial charge in [-0.2, -0.15) is 0 Å². The molecule has 0 aromatic carbocycles. The second-order valence-electron chi connectivity index (χ2n) is 4.12. The maximum atomic E-state index is 11.2. The Bertz CT molecular complexity index is 396. The summed E-state index contributed by atoms with van der Waals surface area (Å²) in [7, 11) is 3.09. The minimum atomic E-state index is -0.403. The average Bonchev–Trinajstić information content (AvgIpc) is 2.76. The molecule has 1 aliphatic carbocycles. The minimum absolute atomic E-state index is 0.0445. The average molecular weight is 256 g/mol. The number of carbonyl (C=O) groups excluding carboxylic acids is 1. The van der Waals surface area contributed by atoms with E-state index in [0.717, 1.165) is 24.5 Å². The van der Waals surface area contributed by atoms with Gasteiger partial charge in [-0.05, 0) is 19.3 Å². The van der Waals surface area contributed by atoms with E-state index in [2.05, 4.69) is 15.0 Å². The van der Waals surface area contributed by atoms with E-state index in [1.807, 2.05) is 0 Å². The normalized spacial score (nSPS) is 17.3. The maximum Gasteiger partial charge on any atom is 0.357 e. The van der Waals surface area contributed by atoms with Gasteiger partial charge in [-0.3, -0.25) is 0 Å². The van der Waals surface area contributed by atoms with Crippen molar-refractivity contribution in [2.24, 2.45) is 0 Å². The fraction of sp³-hybridized carbons (Fsp3) is 0.636. The first-order chi connectivity index (χ1) is 8.19. The first kappa shape index (κ1) is 12.3. The van der Waals surface area contributed by atoms with Crippen LogP contribution in [0.2, 0.25) is 0 Å². The first-order valence-corrected chi connectivity index (χ1v) is 6.40. The molecule has 0 spiro atoms. The highest BCUT2D eigenvalue weighted by atomic mass is 32.1. The molecule has 5 nitrogen and oxygen atoms in total. The highest BCUT2D eigenvalue weighted by Gasteiger charge is 2.36. The zero-order valence-corrected chi connectivity index (χ0v) is 10.8. The molecule has 1 saturated carbocycles. The van der Waals surface area contributed by atoms with Crippen LogP contribution in [-0.2, 0) is 9.47 Å². The summed E-state index contributed by atoms with van der Waals surface area (Å²) in [5, 5.41) is 5.63. The van der Waals surface area contributed by atoms with Gasteiger partial charge in [-0.15, -0.1) is 11.3 Å². The largest absolute Gasteiger partial charge is 0.464 e. The van der Waals surface area contributed by atoms with E-state index in [-0.39, 0.29) is 5.60 Å². The number of nitrogens with one attached hydrogen (secondary N) is 1. The van der Waals surface area contributed by atoms with Crippen LogP contribution in [0.5, 0.6) is 0 Å². The van der Waals surface area contributed by atoms with Crippen molar-refractivity contribution in [3.05, 3.63) is 11.1 Å². The molecule has 0 aliphatic heterocycles. The fourth-order valence-electron chi connectivity index (χ4n) is 1.81.